The number of hydrogen-bond acceptors (Lipinski definition) is 3. The molecule has 4 nitrogen and oxygen atoms in total. The Kier molecular flexibility index (Phi) is 3.80. The maximum absolute atomic E-state index is 12.3. The first-order valence-electron chi connectivity index (χ1n) is 6.66. The zero-order chi connectivity index (χ0) is 14.0. The molecule has 0 aliphatic carbocycles. The van der Waals surface area contributed by atoms with E-state index in [0.717, 1.165) is 5.56 Å². The number of anilines is 1. The topological polar surface area (TPSA) is 55.6 Å². The van der Waals surface area contributed by atoms with Gasteiger partial charge in [0.1, 0.15) is 0 Å². The monoisotopic (exact) mass is 262 g/mol. The highest BCUT2D eigenvalue weighted by molar-refractivity contribution is 5.79. The van der Waals surface area contributed by atoms with Crippen molar-refractivity contribution in [2.24, 2.45) is 0 Å². The Balaban J connectivity index is 2.03. The molecule has 19 heavy (non-hydrogen) atoms. The molecule has 1 atom stereocenters. The van der Waals surface area contributed by atoms with Crippen LogP contribution >= 0.6 is 0 Å². The molecule has 4 heteroatoms. The second-order valence-corrected chi connectivity index (χ2v) is 5.88. The molecule has 0 bridgehead atoms. The summed E-state index contributed by atoms with van der Waals surface area (Å²) in [4.78, 5) is 14.2. The summed E-state index contributed by atoms with van der Waals surface area (Å²) in [6.45, 7) is 7.33. The van der Waals surface area contributed by atoms with Crippen molar-refractivity contribution in [3.63, 3.8) is 0 Å². The molecule has 1 unspecified atom stereocenters. The summed E-state index contributed by atoms with van der Waals surface area (Å²) in [5.41, 5.74) is 7.11. The van der Waals surface area contributed by atoms with Gasteiger partial charge in [-0.3, -0.25) is 4.79 Å². The van der Waals surface area contributed by atoms with Crippen molar-refractivity contribution in [2.45, 2.75) is 38.9 Å². The molecule has 104 valence electrons. The number of morpholine rings is 1. The van der Waals surface area contributed by atoms with Crippen LogP contribution < -0.4 is 5.73 Å². The second kappa shape index (κ2) is 5.21. The van der Waals surface area contributed by atoms with Gasteiger partial charge < -0.3 is 15.4 Å². The third kappa shape index (κ3) is 3.70. The number of benzene rings is 1. The van der Waals surface area contributed by atoms with Crippen LogP contribution in [-0.2, 0) is 16.0 Å². The zero-order valence-corrected chi connectivity index (χ0v) is 11.8. The molecular formula is C15H22N2O2. The molecule has 0 radical (unpaired) electrons. The van der Waals surface area contributed by atoms with Crippen molar-refractivity contribution >= 4 is 11.6 Å². The summed E-state index contributed by atoms with van der Waals surface area (Å²) in [6, 6.07) is 7.49. The van der Waals surface area contributed by atoms with E-state index >= 15 is 0 Å². The van der Waals surface area contributed by atoms with Crippen LogP contribution in [0.1, 0.15) is 26.3 Å². The molecule has 1 heterocycles. The predicted octanol–water partition coefficient (Wildman–Crippen LogP) is 1.84. The van der Waals surface area contributed by atoms with Gasteiger partial charge in [0.25, 0.3) is 0 Å². The number of carbonyl (C=O) groups excluding carboxylic acids is 1. The largest absolute Gasteiger partial charge is 0.399 e. The highest BCUT2D eigenvalue weighted by Gasteiger charge is 2.33. The minimum absolute atomic E-state index is 0.0774. The molecule has 0 saturated carbocycles. The summed E-state index contributed by atoms with van der Waals surface area (Å²) in [5.74, 6) is 0.133. The Morgan fingerprint density at radius 2 is 2.26 bits per heavy atom. The van der Waals surface area contributed by atoms with E-state index < -0.39 is 0 Å². The van der Waals surface area contributed by atoms with Crippen LogP contribution in [0, 0.1) is 0 Å². The standard InChI is InChI=1S/C15H22N2O2/c1-11-9-17(10-15(2,3)19-11)14(18)8-12-5-4-6-13(16)7-12/h4-7,11H,8-10,16H2,1-3H3. The van der Waals surface area contributed by atoms with Gasteiger partial charge in [0.15, 0.2) is 0 Å². The van der Waals surface area contributed by atoms with Gasteiger partial charge in [-0.25, -0.2) is 0 Å². The van der Waals surface area contributed by atoms with Gasteiger partial charge in [-0.1, -0.05) is 12.1 Å². The molecule has 1 aliphatic heterocycles. The zero-order valence-electron chi connectivity index (χ0n) is 11.8. The van der Waals surface area contributed by atoms with Crippen molar-refractivity contribution in [1.82, 2.24) is 4.90 Å². The van der Waals surface area contributed by atoms with Gasteiger partial charge in [0, 0.05) is 18.8 Å². The first kappa shape index (κ1) is 13.9. The van der Waals surface area contributed by atoms with E-state index in [0.29, 0.717) is 25.2 Å². The molecule has 2 N–H and O–H groups in total. The fourth-order valence-electron chi connectivity index (χ4n) is 2.63. The van der Waals surface area contributed by atoms with Crippen molar-refractivity contribution in [2.75, 3.05) is 18.8 Å². The Morgan fingerprint density at radius 3 is 2.89 bits per heavy atom. The molecule has 2 rings (SSSR count). The van der Waals surface area contributed by atoms with Gasteiger partial charge in [-0.2, -0.15) is 0 Å². The third-order valence-electron chi connectivity index (χ3n) is 3.23. The maximum atomic E-state index is 12.3. The van der Waals surface area contributed by atoms with E-state index in [2.05, 4.69) is 0 Å². The summed E-state index contributed by atoms with van der Waals surface area (Å²) in [7, 11) is 0. The van der Waals surface area contributed by atoms with E-state index in [1.807, 2.05) is 49.9 Å². The number of nitrogens with two attached hydrogens (primary N) is 1. The van der Waals surface area contributed by atoms with Gasteiger partial charge in [-0.05, 0) is 38.5 Å². The number of carbonyl (C=O) groups is 1. The average molecular weight is 262 g/mol. The van der Waals surface area contributed by atoms with E-state index in [1.54, 1.807) is 0 Å². The van der Waals surface area contributed by atoms with E-state index in [9.17, 15) is 4.79 Å². The lowest BCUT2D eigenvalue weighted by atomic mass is 10.0. The lowest BCUT2D eigenvalue weighted by Gasteiger charge is -2.41. The number of hydrogen-bond donors (Lipinski definition) is 1. The molecule has 1 aliphatic rings. The van der Waals surface area contributed by atoms with E-state index in [1.165, 1.54) is 0 Å². The molecule has 1 aromatic rings. The van der Waals surface area contributed by atoms with Crippen LogP contribution in [0.3, 0.4) is 0 Å². The van der Waals surface area contributed by atoms with Crippen LogP contribution in [0.25, 0.3) is 0 Å². The summed E-state index contributed by atoms with van der Waals surface area (Å²) in [6.07, 6.45) is 0.474. The summed E-state index contributed by atoms with van der Waals surface area (Å²) >= 11 is 0. The lowest BCUT2D eigenvalue weighted by Crippen LogP contribution is -2.54. The van der Waals surface area contributed by atoms with Crippen LogP contribution in [0.2, 0.25) is 0 Å². The van der Waals surface area contributed by atoms with Crippen molar-refractivity contribution in [1.29, 1.82) is 0 Å². The first-order chi connectivity index (χ1) is 8.85. The number of nitrogens with zero attached hydrogens (tertiary/aromatic N) is 1. The first-order valence-corrected chi connectivity index (χ1v) is 6.66. The Morgan fingerprint density at radius 1 is 1.53 bits per heavy atom. The normalized spacial score (nSPS) is 22.3. The van der Waals surface area contributed by atoms with E-state index in [4.69, 9.17) is 10.5 Å². The van der Waals surface area contributed by atoms with Gasteiger partial charge in [0.05, 0.1) is 18.1 Å². The quantitative estimate of drug-likeness (QED) is 0.827. The minimum atomic E-state index is -0.275. The number of rotatable bonds is 2. The second-order valence-electron chi connectivity index (χ2n) is 5.88. The van der Waals surface area contributed by atoms with Gasteiger partial charge in [0.2, 0.25) is 5.91 Å². The molecule has 1 aromatic carbocycles. The van der Waals surface area contributed by atoms with E-state index in [-0.39, 0.29) is 17.6 Å². The Hall–Kier alpha value is -1.55. The smallest absolute Gasteiger partial charge is 0.227 e. The highest BCUT2D eigenvalue weighted by atomic mass is 16.5. The maximum Gasteiger partial charge on any atom is 0.227 e. The molecule has 0 spiro atoms. The highest BCUT2D eigenvalue weighted by Crippen LogP contribution is 2.21. The predicted molar refractivity (Wildman–Crippen MR) is 75.8 cm³/mol. The average Bonchev–Trinajstić information content (AvgIpc) is 2.26. The van der Waals surface area contributed by atoms with Crippen molar-refractivity contribution < 1.29 is 9.53 Å². The Labute approximate surface area is 114 Å². The Bertz CT molecular complexity index is 471. The van der Waals surface area contributed by atoms with Crippen LogP contribution in [0.15, 0.2) is 24.3 Å². The molecular weight excluding hydrogens is 240 g/mol. The number of ether oxygens (including phenoxy) is 1. The third-order valence-corrected chi connectivity index (χ3v) is 3.23. The molecule has 1 saturated heterocycles. The van der Waals surface area contributed by atoms with Crippen LogP contribution in [-0.4, -0.2) is 35.6 Å². The molecule has 1 amide bonds. The lowest BCUT2D eigenvalue weighted by molar-refractivity contribution is -0.157. The van der Waals surface area contributed by atoms with Crippen molar-refractivity contribution in [3.05, 3.63) is 29.8 Å². The van der Waals surface area contributed by atoms with Gasteiger partial charge in [-0.15, -0.1) is 0 Å². The SMILES string of the molecule is CC1CN(C(=O)Cc2cccc(N)c2)CC(C)(C)O1. The summed E-state index contributed by atoms with van der Waals surface area (Å²) < 4.78 is 5.81. The van der Waals surface area contributed by atoms with Crippen LogP contribution in [0.5, 0.6) is 0 Å². The minimum Gasteiger partial charge on any atom is -0.399 e. The fourth-order valence-corrected chi connectivity index (χ4v) is 2.63. The summed E-state index contributed by atoms with van der Waals surface area (Å²) in [5, 5.41) is 0. The fraction of sp³-hybridized carbons (Fsp3) is 0.533. The molecule has 0 aromatic heterocycles. The van der Waals surface area contributed by atoms with Crippen molar-refractivity contribution in [3.8, 4) is 0 Å². The number of nitrogen functional groups attached to an aromatic ring is 1. The van der Waals surface area contributed by atoms with Gasteiger partial charge >= 0.3 is 0 Å². The number of amides is 1. The van der Waals surface area contributed by atoms with Crippen LogP contribution in [0.4, 0.5) is 5.69 Å². The molecule has 1 fully saturated rings.